The number of rotatable bonds is 8. The van der Waals surface area contributed by atoms with E-state index < -0.39 is 5.97 Å². The number of ether oxygens (including phenoxy) is 2. The van der Waals surface area contributed by atoms with Crippen LogP contribution in [0.25, 0.3) is 5.69 Å². The third-order valence-corrected chi connectivity index (χ3v) is 7.99. The highest BCUT2D eigenvalue weighted by atomic mass is 32.1. The van der Waals surface area contributed by atoms with E-state index in [0.717, 1.165) is 34.1 Å². The molecule has 1 saturated heterocycles. The quantitative estimate of drug-likeness (QED) is 0.184. The van der Waals surface area contributed by atoms with Gasteiger partial charge in [-0.1, -0.05) is 18.2 Å². The van der Waals surface area contributed by atoms with Gasteiger partial charge in [0.2, 0.25) is 0 Å². The molecular weight excluding hydrogens is 560 g/mol. The maximum Gasteiger partial charge on any atom is 0.337 e. The molecule has 0 aliphatic carbocycles. The molecule has 2 unspecified atom stereocenters. The summed E-state index contributed by atoms with van der Waals surface area (Å²) in [4.78, 5) is 18.9. The van der Waals surface area contributed by atoms with Gasteiger partial charge in [0.1, 0.15) is 17.2 Å². The number of benzene rings is 3. The minimum atomic E-state index is -0.974. The molecule has 5 aromatic rings. The Morgan fingerprint density at radius 2 is 1.56 bits per heavy atom. The number of aromatic nitrogens is 2. The minimum absolute atomic E-state index is 0.237. The summed E-state index contributed by atoms with van der Waals surface area (Å²) in [6, 6.07) is 29.7. The van der Waals surface area contributed by atoms with Crippen molar-refractivity contribution in [1.29, 1.82) is 0 Å². The fourth-order valence-electron chi connectivity index (χ4n) is 5.71. The van der Waals surface area contributed by atoms with Crippen molar-refractivity contribution in [2.24, 2.45) is 0 Å². The maximum atomic E-state index is 12.1. The van der Waals surface area contributed by atoms with E-state index in [1.54, 1.807) is 25.4 Å². The maximum absolute atomic E-state index is 12.1. The molecule has 1 aliphatic rings. The molecule has 1 aliphatic heterocycles. The van der Waals surface area contributed by atoms with Crippen molar-refractivity contribution < 1.29 is 19.4 Å². The Morgan fingerprint density at radius 3 is 2.21 bits per heavy atom. The first-order chi connectivity index (χ1) is 20.9. The fourth-order valence-corrected chi connectivity index (χ4v) is 6.06. The molecule has 3 heterocycles. The number of pyridine rings is 1. The lowest BCUT2D eigenvalue weighted by Crippen LogP contribution is -2.29. The van der Waals surface area contributed by atoms with Crippen molar-refractivity contribution in [3.05, 3.63) is 131 Å². The number of nitrogens with one attached hydrogen (secondary N) is 1. The zero-order valence-electron chi connectivity index (χ0n) is 23.9. The Kier molecular flexibility index (Phi) is 7.56. The van der Waals surface area contributed by atoms with Gasteiger partial charge in [-0.05, 0) is 110 Å². The number of anilines is 1. The normalized spacial score (nSPS) is 16.2. The zero-order chi connectivity index (χ0) is 30.1. The van der Waals surface area contributed by atoms with Crippen molar-refractivity contribution in [2.45, 2.75) is 25.9 Å². The van der Waals surface area contributed by atoms with E-state index in [4.69, 9.17) is 21.7 Å². The van der Waals surface area contributed by atoms with E-state index in [-0.39, 0.29) is 17.6 Å². The summed E-state index contributed by atoms with van der Waals surface area (Å²) in [6.45, 7) is 4.00. The van der Waals surface area contributed by atoms with E-state index in [9.17, 15) is 9.90 Å². The third-order valence-electron chi connectivity index (χ3n) is 7.67. The SMILES string of the molecule is COc1ccc(Oc2ccc(N3C(=S)NC(c4ccccn4)C3c3cc(C)n(-c4ccccc4C(=O)O)c3C)cc2)cc1. The van der Waals surface area contributed by atoms with E-state index in [1.165, 1.54) is 0 Å². The summed E-state index contributed by atoms with van der Waals surface area (Å²) in [5, 5.41) is 14.0. The highest BCUT2D eigenvalue weighted by Gasteiger charge is 2.42. The summed E-state index contributed by atoms with van der Waals surface area (Å²) in [7, 11) is 1.63. The fraction of sp³-hybridized carbons (Fsp3) is 0.147. The number of nitrogens with zero attached hydrogens (tertiary/aromatic N) is 3. The average Bonchev–Trinajstić information content (AvgIpc) is 3.52. The van der Waals surface area contributed by atoms with Gasteiger partial charge in [-0.25, -0.2) is 4.79 Å². The van der Waals surface area contributed by atoms with Gasteiger partial charge in [0.25, 0.3) is 0 Å². The predicted octanol–water partition coefficient (Wildman–Crippen LogP) is 7.17. The molecule has 2 aromatic heterocycles. The number of para-hydroxylation sites is 1. The predicted molar refractivity (Wildman–Crippen MR) is 170 cm³/mol. The van der Waals surface area contributed by atoms with E-state index >= 15 is 0 Å². The Balaban J connectivity index is 1.41. The second-order valence-electron chi connectivity index (χ2n) is 10.3. The van der Waals surface area contributed by atoms with Crippen LogP contribution in [0, 0.1) is 13.8 Å². The van der Waals surface area contributed by atoms with Crippen molar-refractivity contribution in [3.8, 4) is 22.9 Å². The van der Waals surface area contributed by atoms with Crippen molar-refractivity contribution in [2.75, 3.05) is 12.0 Å². The van der Waals surface area contributed by atoms with Crippen LogP contribution in [-0.2, 0) is 0 Å². The van der Waals surface area contributed by atoms with E-state index in [0.29, 0.717) is 22.3 Å². The van der Waals surface area contributed by atoms with Crippen molar-refractivity contribution in [3.63, 3.8) is 0 Å². The molecule has 0 amide bonds. The van der Waals surface area contributed by atoms with Gasteiger partial charge in [-0.2, -0.15) is 0 Å². The summed E-state index contributed by atoms with van der Waals surface area (Å²) in [5.41, 5.74) is 5.45. The van der Waals surface area contributed by atoms with Gasteiger partial charge in [0, 0.05) is 23.3 Å². The molecular formula is C34H30N4O4S. The molecule has 1 fully saturated rings. The molecule has 0 bridgehead atoms. The number of aromatic carboxylic acids is 1. The highest BCUT2D eigenvalue weighted by Crippen LogP contribution is 2.44. The minimum Gasteiger partial charge on any atom is -0.497 e. The lowest BCUT2D eigenvalue weighted by atomic mass is 9.96. The molecule has 0 radical (unpaired) electrons. The Morgan fingerprint density at radius 1 is 0.907 bits per heavy atom. The molecule has 8 nitrogen and oxygen atoms in total. The third kappa shape index (κ3) is 5.30. The molecule has 216 valence electrons. The average molecular weight is 591 g/mol. The number of aryl methyl sites for hydroxylation is 1. The Hall–Kier alpha value is -5.15. The Labute approximate surface area is 255 Å². The standard InChI is InChI=1S/C34H30N4O4S/c1-21-20-28(22(2)37(21)30-10-5-4-8-27(30)33(39)40)32-31(29-9-6-7-19-35-29)36-34(43)38(32)23-11-13-25(14-12-23)42-26-17-15-24(41-3)16-18-26/h4-20,31-32H,1-3H3,(H,36,43)(H,39,40). The number of carboxylic acids is 1. The largest absolute Gasteiger partial charge is 0.497 e. The number of methoxy groups -OCH3 is 1. The molecule has 2 atom stereocenters. The first kappa shape index (κ1) is 28.0. The monoisotopic (exact) mass is 590 g/mol. The molecule has 2 N–H and O–H groups in total. The van der Waals surface area contributed by atoms with Crippen LogP contribution in [0.2, 0.25) is 0 Å². The smallest absolute Gasteiger partial charge is 0.337 e. The summed E-state index contributed by atoms with van der Waals surface area (Å²) in [5.74, 6) is 1.18. The molecule has 43 heavy (non-hydrogen) atoms. The number of thiocarbonyl (C=S) groups is 1. The highest BCUT2D eigenvalue weighted by molar-refractivity contribution is 7.80. The number of hydrogen-bond acceptors (Lipinski definition) is 5. The first-order valence-corrected chi connectivity index (χ1v) is 14.2. The zero-order valence-corrected chi connectivity index (χ0v) is 24.7. The van der Waals surface area contributed by atoms with Gasteiger partial charge in [-0.3, -0.25) is 4.98 Å². The van der Waals surface area contributed by atoms with Crippen LogP contribution >= 0.6 is 12.2 Å². The number of carboxylic acid groups (broad SMARTS) is 1. The van der Waals surface area contributed by atoms with E-state index in [1.807, 2.05) is 97.3 Å². The number of hydrogen-bond donors (Lipinski definition) is 2. The topological polar surface area (TPSA) is 88.9 Å². The van der Waals surface area contributed by atoms with Crippen LogP contribution in [0.3, 0.4) is 0 Å². The van der Waals surface area contributed by atoms with Crippen LogP contribution in [0.15, 0.2) is 103 Å². The van der Waals surface area contributed by atoms with Crippen LogP contribution in [0.1, 0.15) is 45.1 Å². The van der Waals surface area contributed by atoms with E-state index in [2.05, 4.69) is 21.3 Å². The van der Waals surface area contributed by atoms with Crippen molar-refractivity contribution >= 4 is 29.0 Å². The lowest BCUT2D eigenvalue weighted by Gasteiger charge is -2.28. The molecule has 6 rings (SSSR count). The van der Waals surface area contributed by atoms with Gasteiger partial charge in [-0.15, -0.1) is 0 Å². The Bertz CT molecular complexity index is 1790. The number of carbonyl (C=O) groups is 1. The van der Waals surface area contributed by atoms with Gasteiger partial charge < -0.3 is 29.4 Å². The van der Waals surface area contributed by atoms with Crippen LogP contribution in [0.4, 0.5) is 5.69 Å². The second-order valence-corrected chi connectivity index (χ2v) is 10.6. The van der Waals surface area contributed by atoms with Crippen LogP contribution in [0.5, 0.6) is 17.2 Å². The van der Waals surface area contributed by atoms with Crippen LogP contribution < -0.4 is 19.7 Å². The molecule has 0 saturated carbocycles. The van der Waals surface area contributed by atoms with Crippen molar-refractivity contribution in [1.82, 2.24) is 14.9 Å². The van der Waals surface area contributed by atoms with Crippen LogP contribution in [-0.4, -0.2) is 32.8 Å². The van der Waals surface area contributed by atoms with Gasteiger partial charge in [0.05, 0.1) is 36.1 Å². The first-order valence-electron chi connectivity index (χ1n) is 13.8. The summed E-state index contributed by atoms with van der Waals surface area (Å²) >= 11 is 5.93. The van der Waals surface area contributed by atoms with Gasteiger partial charge >= 0.3 is 5.97 Å². The van der Waals surface area contributed by atoms with Gasteiger partial charge in [0.15, 0.2) is 5.11 Å². The summed E-state index contributed by atoms with van der Waals surface area (Å²) < 4.78 is 13.3. The molecule has 9 heteroatoms. The molecule has 3 aromatic carbocycles. The molecule has 0 spiro atoms. The second kappa shape index (κ2) is 11.6. The lowest BCUT2D eigenvalue weighted by molar-refractivity contribution is 0.0697. The summed E-state index contributed by atoms with van der Waals surface area (Å²) in [6.07, 6.45) is 1.78.